The van der Waals surface area contributed by atoms with Crippen LogP contribution < -0.4 is 4.74 Å². The molecule has 0 aromatic heterocycles. The van der Waals surface area contributed by atoms with Crippen LogP contribution in [0.1, 0.15) is 18.1 Å². The van der Waals surface area contributed by atoms with Crippen molar-refractivity contribution in [3.63, 3.8) is 0 Å². The molecule has 0 bridgehead atoms. The van der Waals surface area contributed by atoms with E-state index in [1.165, 1.54) is 0 Å². The van der Waals surface area contributed by atoms with Gasteiger partial charge in [0.1, 0.15) is 24.1 Å². The maximum atomic E-state index is 10.4. The van der Waals surface area contributed by atoms with Crippen molar-refractivity contribution < 1.29 is 29.2 Å². The van der Waals surface area contributed by atoms with Gasteiger partial charge in [0.2, 0.25) is 0 Å². The smallest absolute Gasteiger partial charge is 0.183 e. The van der Waals surface area contributed by atoms with Gasteiger partial charge in [0.15, 0.2) is 6.29 Å². The summed E-state index contributed by atoms with van der Waals surface area (Å²) in [6.07, 6.45) is -4.15. The van der Waals surface area contributed by atoms with E-state index >= 15 is 0 Å². The third-order valence-corrected chi connectivity index (χ3v) is 4.66. The molecule has 1 aliphatic rings. The van der Waals surface area contributed by atoms with Crippen LogP contribution in [0.15, 0.2) is 54.6 Å². The number of hydrogen-bond acceptors (Lipinski definition) is 6. The largest absolute Gasteiger partial charge is 0.497 e. The Hall–Kier alpha value is -1.96. The molecular formula is C21H26O6. The van der Waals surface area contributed by atoms with Crippen molar-refractivity contribution in [3.05, 3.63) is 65.7 Å². The number of aliphatic hydroxyl groups is 2. The molecule has 0 amide bonds. The van der Waals surface area contributed by atoms with Gasteiger partial charge in [0.25, 0.3) is 0 Å². The van der Waals surface area contributed by atoms with E-state index in [9.17, 15) is 10.2 Å². The van der Waals surface area contributed by atoms with E-state index < -0.39 is 30.7 Å². The van der Waals surface area contributed by atoms with Gasteiger partial charge >= 0.3 is 0 Å². The van der Waals surface area contributed by atoms with E-state index in [0.717, 1.165) is 16.9 Å². The molecule has 146 valence electrons. The average Bonchev–Trinajstić information content (AvgIpc) is 2.70. The van der Waals surface area contributed by atoms with E-state index in [4.69, 9.17) is 18.9 Å². The molecular weight excluding hydrogens is 348 g/mol. The third-order valence-electron chi connectivity index (χ3n) is 4.66. The van der Waals surface area contributed by atoms with Gasteiger partial charge in [-0.15, -0.1) is 0 Å². The Morgan fingerprint density at radius 3 is 2.07 bits per heavy atom. The quantitative estimate of drug-likeness (QED) is 0.774. The summed E-state index contributed by atoms with van der Waals surface area (Å²) >= 11 is 0. The zero-order valence-corrected chi connectivity index (χ0v) is 15.5. The van der Waals surface area contributed by atoms with Crippen LogP contribution in [0.5, 0.6) is 5.75 Å². The summed E-state index contributed by atoms with van der Waals surface area (Å²) in [6.45, 7) is 2.44. The number of aliphatic hydroxyl groups excluding tert-OH is 2. The van der Waals surface area contributed by atoms with Crippen LogP contribution >= 0.6 is 0 Å². The Kier molecular flexibility index (Phi) is 6.82. The Bertz CT molecular complexity index is 690. The summed E-state index contributed by atoms with van der Waals surface area (Å²) in [7, 11) is 1.62. The minimum Gasteiger partial charge on any atom is -0.497 e. The molecule has 0 spiro atoms. The molecule has 3 rings (SSSR count). The molecule has 0 aliphatic carbocycles. The van der Waals surface area contributed by atoms with Crippen molar-refractivity contribution in [2.24, 2.45) is 0 Å². The highest BCUT2D eigenvalue weighted by Crippen LogP contribution is 2.26. The summed E-state index contributed by atoms with van der Waals surface area (Å²) < 4.78 is 22.5. The van der Waals surface area contributed by atoms with Gasteiger partial charge < -0.3 is 29.2 Å². The lowest BCUT2D eigenvalue weighted by atomic mass is 9.99. The topological polar surface area (TPSA) is 77.4 Å². The molecule has 5 atom stereocenters. The van der Waals surface area contributed by atoms with E-state index in [1.54, 1.807) is 14.0 Å². The average molecular weight is 374 g/mol. The maximum absolute atomic E-state index is 10.4. The number of rotatable bonds is 7. The Morgan fingerprint density at radius 1 is 0.852 bits per heavy atom. The minimum absolute atomic E-state index is 0.310. The highest BCUT2D eigenvalue weighted by Gasteiger charge is 2.44. The first-order valence-electron chi connectivity index (χ1n) is 9.00. The lowest BCUT2D eigenvalue weighted by Crippen LogP contribution is -2.58. The molecule has 1 aliphatic heterocycles. The molecule has 6 nitrogen and oxygen atoms in total. The van der Waals surface area contributed by atoms with Crippen LogP contribution in [0.3, 0.4) is 0 Å². The maximum Gasteiger partial charge on any atom is 0.183 e. The molecule has 0 saturated carbocycles. The molecule has 0 unspecified atom stereocenters. The number of benzene rings is 2. The molecule has 27 heavy (non-hydrogen) atoms. The summed E-state index contributed by atoms with van der Waals surface area (Å²) in [5.74, 6) is 0.774. The molecule has 1 heterocycles. The molecule has 1 saturated heterocycles. The minimum atomic E-state index is -1.30. The Labute approximate surface area is 159 Å². The van der Waals surface area contributed by atoms with Crippen LogP contribution in [-0.2, 0) is 27.4 Å². The van der Waals surface area contributed by atoms with Crippen molar-refractivity contribution in [2.45, 2.75) is 50.8 Å². The first-order chi connectivity index (χ1) is 13.1. The van der Waals surface area contributed by atoms with Crippen LogP contribution in [0, 0.1) is 0 Å². The number of hydrogen-bond donors (Lipinski definition) is 2. The molecule has 1 fully saturated rings. The van der Waals surface area contributed by atoms with Crippen molar-refractivity contribution in [2.75, 3.05) is 7.11 Å². The Balaban J connectivity index is 1.66. The predicted molar refractivity (Wildman–Crippen MR) is 99.2 cm³/mol. The molecule has 2 aromatic carbocycles. The second-order valence-corrected chi connectivity index (χ2v) is 6.61. The van der Waals surface area contributed by atoms with Crippen molar-refractivity contribution in [1.29, 1.82) is 0 Å². The second kappa shape index (κ2) is 9.30. The molecule has 2 N–H and O–H groups in total. The van der Waals surface area contributed by atoms with Crippen molar-refractivity contribution in [1.82, 2.24) is 0 Å². The van der Waals surface area contributed by atoms with Gasteiger partial charge in [-0.25, -0.2) is 0 Å². The van der Waals surface area contributed by atoms with Gasteiger partial charge in [0.05, 0.1) is 26.4 Å². The van der Waals surface area contributed by atoms with E-state index in [2.05, 4.69) is 0 Å². The predicted octanol–water partition coefficient (Wildman–Crippen LogP) is 2.26. The summed E-state index contributed by atoms with van der Waals surface area (Å²) in [5, 5.41) is 20.3. The van der Waals surface area contributed by atoms with Crippen LogP contribution in [0.4, 0.5) is 0 Å². The van der Waals surface area contributed by atoms with Gasteiger partial charge in [0, 0.05) is 0 Å². The number of methoxy groups -OCH3 is 1. The number of ether oxygens (including phenoxy) is 4. The van der Waals surface area contributed by atoms with Crippen LogP contribution in [0.25, 0.3) is 0 Å². The second-order valence-electron chi connectivity index (χ2n) is 6.61. The molecule has 2 aromatic rings. The van der Waals surface area contributed by atoms with Gasteiger partial charge in [-0.2, -0.15) is 0 Å². The monoisotopic (exact) mass is 374 g/mol. The van der Waals surface area contributed by atoms with E-state index in [-0.39, 0.29) is 0 Å². The summed E-state index contributed by atoms with van der Waals surface area (Å²) in [5.41, 5.74) is 1.94. The van der Waals surface area contributed by atoms with Crippen molar-refractivity contribution in [3.8, 4) is 5.75 Å². The normalized spacial score (nSPS) is 28.1. The lowest BCUT2D eigenvalue weighted by Gasteiger charge is -2.41. The summed E-state index contributed by atoms with van der Waals surface area (Å²) in [6, 6.07) is 17.2. The SMILES string of the molecule is COc1ccc(CO[C@@H]2[C@@H](OCc3ccccc3)[C@@H](O)[C@H](O)O[C@H]2C)cc1. The first-order valence-corrected chi connectivity index (χ1v) is 9.00. The highest BCUT2D eigenvalue weighted by molar-refractivity contribution is 5.26. The van der Waals surface area contributed by atoms with E-state index in [0.29, 0.717) is 13.2 Å². The standard InChI is InChI=1S/C21H26O6/c1-14-19(25-13-16-8-10-17(24-2)11-9-16)20(18(22)21(23)27-14)26-12-15-6-4-3-5-7-15/h3-11,14,18-23H,12-13H2,1-2H3/t14-,18+,19-,20-,21+/m0/s1. The fraction of sp³-hybridized carbons (Fsp3) is 0.429. The molecule has 6 heteroatoms. The fourth-order valence-corrected chi connectivity index (χ4v) is 3.11. The van der Waals surface area contributed by atoms with Crippen LogP contribution in [0.2, 0.25) is 0 Å². The first kappa shape index (κ1) is 19.8. The van der Waals surface area contributed by atoms with Gasteiger partial charge in [-0.05, 0) is 30.2 Å². The lowest BCUT2D eigenvalue weighted by molar-refractivity contribution is -0.297. The summed E-state index contributed by atoms with van der Waals surface area (Å²) in [4.78, 5) is 0. The van der Waals surface area contributed by atoms with Crippen molar-refractivity contribution >= 4 is 0 Å². The van der Waals surface area contributed by atoms with Crippen LogP contribution in [-0.4, -0.2) is 48.0 Å². The zero-order chi connectivity index (χ0) is 19.2. The van der Waals surface area contributed by atoms with Gasteiger partial charge in [-0.1, -0.05) is 42.5 Å². The molecule has 0 radical (unpaired) electrons. The third kappa shape index (κ3) is 5.06. The highest BCUT2D eigenvalue weighted by atomic mass is 16.7. The Morgan fingerprint density at radius 2 is 1.44 bits per heavy atom. The van der Waals surface area contributed by atoms with E-state index in [1.807, 2.05) is 54.6 Å². The zero-order valence-electron chi connectivity index (χ0n) is 15.5. The fourth-order valence-electron chi connectivity index (χ4n) is 3.11. The van der Waals surface area contributed by atoms with Gasteiger partial charge in [-0.3, -0.25) is 0 Å².